The fourth-order valence-corrected chi connectivity index (χ4v) is 0.954. The largest absolute Gasteiger partial charge is 0.374 e. The molecule has 1 unspecified atom stereocenters. The highest BCUT2D eigenvalue weighted by Gasteiger charge is 2.28. The van der Waals surface area contributed by atoms with E-state index in [-0.39, 0.29) is 12.6 Å². The van der Waals surface area contributed by atoms with Crippen LogP contribution >= 0.6 is 0 Å². The van der Waals surface area contributed by atoms with Crippen LogP contribution in [0.5, 0.6) is 0 Å². The van der Waals surface area contributed by atoms with Gasteiger partial charge in [0.05, 0.1) is 6.61 Å². The smallest absolute Gasteiger partial charge is 0.261 e. The van der Waals surface area contributed by atoms with Gasteiger partial charge >= 0.3 is 0 Å². The number of alkyl halides is 2. The van der Waals surface area contributed by atoms with Crippen molar-refractivity contribution in [3.8, 4) is 0 Å². The molecule has 1 rings (SSSR count). The topological polar surface area (TPSA) is 35.2 Å². The molecule has 0 radical (unpaired) electrons. The Hall–Kier alpha value is -0.220. The molecule has 1 saturated carbocycles. The highest BCUT2D eigenvalue weighted by molar-refractivity contribution is 4.83. The van der Waals surface area contributed by atoms with Crippen LogP contribution in [0.3, 0.4) is 0 Å². The van der Waals surface area contributed by atoms with Gasteiger partial charge in [0, 0.05) is 6.04 Å². The van der Waals surface area contributed by atoms with E-state index >= 15 is 0 Å². The molecule has 2 N–H and O–H groups in total. The molecule has 11 heavy (non-hydrogen) atoms. The first-order chi connectivity index (χ1) is 5.20. The SMILES string of the molecule is NC(COCC(F)F)C1CC1. The molecule has 0 aromatic rings. The van der Waals surface area contributed by atoms with Gasteiger partial charge in [0.15, 0.2) is 0 Å². The first-order valence-corrected chi connectivity index (χ1v) is 3.81. The molecular weight excluding hydrogens is 152 g/mol. The van der Waals surface area contributed by atoms with Crippen LogP contribution in [0.4, 0.5) is 8.78 Å². The van der Waals surface area contributed by atoms with Gasteiger partial charge in [-0.1, -0.05) is 0 Å². The second-order valence-electron chi connectivity index (χ2n) is 2.93. The van der Waals surface area contributed by atoms with Gasteiger partial charge in [0.25, 0.3) is 6.43 Å². The van der Waals surface area contributed by atoms with Crippen LogP contribution < -0.4 is 5.73 Å². The summed E-state index contributed by atoms with van der Waals surface area (Å²) in [5.41, 5.74) is 5.60. The molecule has 0 spiro atoms. The number of hydrogen-bond acceptors (Lipinski definition) is 2. The molecular formula is C7H13F2NO. The predicted octanol–water partition coefficient (Wildman–Crippen LogP) is 1.01. The fraction of sp³-hybridized carbons (Fsp3) is 1.00. The number of halogens is 2. The Balaban J connectivity index is 1.93. The molecule has 2 nitrogen and oxygen atoms in total. The normalized spacial score (nSPS) is 20.7. The van der Waals surface area contributed by atoms with Crippen molar-refractivity contribution in [2.45, 2.75) is 25.3 Å². The molecule has 0 aromatic heterocycles. The van der Waals surface area contributed by atoms with Crippen LogP contribution in [-0.2, 0) is 4.74 Å². The average molecular weight is 165 g/mol. The molecule has 0 heterocycles. The third kappa shape index (κ3) is 3.62. The Morgan fingerprint density at radius 3 is 2.45 bits per heavy atom. The molecule has 1 atom stereocenters. The molecule has 4 heteroatoms. The van der Waals surface area contributed by atoms with Gasteiger partial charge in [0.2, 0.25) is 0 Å². The summed E-state index contributed by atoms with van der Waals surface area (Å²) in [7, 11) is 0. The van der Waals surface area contributed by atoms with Crippen molar-refractivity contribution in [2.75, 3.05) is 13.2 Å². The lowest BCUT2D eigenvalue weighted by atomic mass is 10.2. The Kier molecular flexibility index (Phi) is 3.20. The van der Waals surface area contributed by atoms with E-state index in [1.807, 2.05) is 0 Å². The third-order valence-corrected chi connectivity index (χ3v) is 1.78. The van der Waals surface area contributed by atoms with E-state index < -0.39 is 13.0 Å². The lowest BCUT2D eigenvalue weighted by molar-refractivity contribution is 0.0110. The van der Waals surface area contributed by atoms with E-state index in [1.54, 1.807) is 0 Å². The van der Waals surface area contributed by atoms with Crippen molar-refractivity contribution < 1.29 is 13.5 Å². The van der Waals surface area contributed by atoms with Crippen molar-refractivity contribution in [1.82, 2.24) is 0 Å². The average Bonchev–Trinajstić information content (AvgIpc) is 2.66. The lowest BCUT2D eigenvalue weighted by Gasteiger charge is -2.09. The molecule has 0 amide bonds. The number of rotatable bonds is 5. The molecule has 66 valence electrons. The molecule has 0 aromatic carbocycles. The van der Waals surface area contributed by atoms with Gasteiger partial charge in [-0.3, -0.25) is 0 Å². The lowest BCUT2D eigenvalue weighted by Crippen LogP contribution is -2.29. The summed E-state index contributed by atoms with van der Waals surface area (Å²) in [6.07, 6.45) is -0.125. The van der Waals surface area contributed by atoms with Gasteiger partial charge in [-0.05, 0) is 18.8 Å². The van der Waals surface area contributed by atoms with Crippen molar-refractivity contribution in [1.29, 1.82) is 0 Å². The summed E-state index contributed by atoms with van der Waals surface area (Å²) >= 11 is 0. The van der Waals surface area contributed by atoms with Gasteiger partial charge in [-0.2, -0.15) is 0 Å². The minimum absolute atomic E-state index is 0.0336. The van der Waals surface area contributed by atoms with E-state index in [1.165, 1.54) is 0 Å². The van der Waals surface area contributed by atoms with E-state index in [9.17, 15) is 8.78 Å². The van der Waals surface area contributed by atoms with Crippen LogP contribution in [0, 0.1) is 5.92 Å². The molecule has 1 aliphatic carbocycles. The van der Waals surface area contributed by atoms with E-state index in [4.69, 9.17) is 5.73 Å². The highest BCUT2D eigenvalue weighted by atomic mass is 19.3. The van der Waals surface area contributed by atoms with Crippen molar-refractivity contribution in [3.63, 3.8) is 0 Å². The quantitative estimate of drug-likeness (QED) is 0.659. The summed E-state index contributed by atoms with van der Waals surface area (Å²) in [6, 6.07) is -0.0336. The molecule has 0 aliphatic heterocycles. The minimum atomic E-state index is -2.37. The van der Waals surface area contributed by atoms with Crippen LogP contribution in [-0.4, -0.2) is 25.7 Å². The van der Waals surface area contributed by atoms with E-state index in [2.05, 4.69) is 4.74 Å². The Morgan fingerprint density at radius 2 is 2.00 bits per heavy atom. The Morgan fingerprint density at radius 1 is 1.36 bits per heavy atom. The second-order valence-corrected chi connectivity index (χ2v) is 2.93. The fourth-order valence-electron chi connectivity index (χ4n) is 0.954. The molecule has 1 fully saturated rings. The monoisotopic (exact) mass is 165 g/mol. The summed E-state index contributed by atoms with van der Waals surface area (Å²) in [4.78, 5) is 0. The third-order valence-electron chi connectivity index (χ3n) is 1.78. The maximum Gasteiger partial charge on any atom is 0.261 e. The van der Waals surface area contributed by atoms with Crippen molar-refractivity contribution in [2.24, 2.45) is 11.7 Å². The maximum atomic E-state index is 11.5. The minimum Gasteiger partial charge on any atom is -0.374 e. The standard InChI is InChI=1S/C7H13F2NO/c8-7(9)4-11-3-6(10)5-1-2-5/h5-7H,1-4,10H2. The summed E-state index contributed by atoms with van der Waals surface area (Å²) in [5.74, 6) is 0.521. The summed E-state index contributed by atoms with van der Waals surface area (Å²) in [6.45, 7) is -0.213. The highest BCUT2D eigenvalue weighted by Crippen LogP contribution is 2.31. The van der Waals surface area contributed by atoms with Gasteiger partial charge in [-0.15, -0.1) is 0 Å². The Bertz CT molecular complexity index is 117. The van der Waals surface area contributed by atoms with Crippen LogP contribution in [0.2, 0.25) is 0 Å². The van der Waals surface area contributed by atoms with Gasteiger partial charge in [0.1, 0.15) is 6.61 Å². The van der Waals surface area contributed by atoms with Crippen LogP contribution in [0.1, 0.15) is 12.8 Å². The van der Waals surface area contributed by atoms with E-state index in [0.717, 1.165) is 12.8 Å². The van der Waals surface area contributed by atoms with Crippen LogP contribution in [0.15, 0.2) is 0 Å². The zero-order chi connectivity index (χ0) is 8.27. The Labute approximate surface area is 64.7 Å². The van der Waals surface area contributed by atoms with Crippen molar-refractivity contribution >= 4 is 0 Å². The first kappa shape index (κ1) is 8.87. The number of ether oxygens (including phenoxy) is 1. The first-order valence-electron chi connectivity index (χ1n) is 3.81. The number of hydrogen-bond donors (Lipinski definition) is 1. The zero-order valence-corrected chi connectivity index (χ0v) is 6.30. The number of nitrogens with two attached hydrogens (primary N) is 1. The van der Waals surface area contributed by atoms with Gasteiger partial charge in [-0.25, -0.2) is 8.78 Å². The molecule has 0 saturated heterocycles. The predicted molar refractivity (Wildman–Crippen MR) is 37.5 cm³/mol. The second kappa shape index (κ2) is 3.97. The summed E-state index contributed by atoms with van der Waals surface area (Å²) in [5, 5.41) is 0. The summed E-state index contributed by atoms with van der Waals surface area (Å²) < 4.78 is 27.8. The molecule has 1 aliphatic rings. The zero-order valence-electron chi connectivity index (χ0n) is 6.30. The molecule has 0 bridgehead atoms. The van der Waals surface area contributed by atoms with Gasteiger partial charge < -0.3 is 10.5 Å². The maximum absolute atomic E-state index is 11.5. The van der Waals surface area contributed by atoms with E-state index in [0.29, 0.717) is 5.92 Å². The van der Waals surface area contributed by atoms with Crippen LogP contribution in [0.25, 0.3) is 0 Å². The van der Waals surface area contributed by atoms with Crippen molar-refractivity contribution in [3.05, 3.63) is 0 Å².